The van der Waals surface area contributed by atoms with Gasteiger partial charge in [-0.05, 0) is 18.1 Å². The first kappa shape index (κ1) is 15.0. The highest BCUT2D eigenvalue weighted by Gasteiger charge is 2.32. The summed E-state index contributed by atoms with van der Waals surface area (Å²) in [6.45, 7) is 1.08. The lowest BCUT2D eigenvalue weighted by atomic mass is 9.95. The molecule has 0 amide bonds. The number of fused-ring (bicyclic) bond motifs is 3. The molecule has 1 N–H and O–H groups in total. The fourth-order valence-corrected chi connectivity index (χ4v) is 3.99. The second-order valence-corrected chi connectivity index (χ2v) is 6.89. The Kier molecular flexibility index (Phi) is 3.63. The molecule has 0 bridgehead atoms. The van der Waals surface area contributed by atoms with Gasteiger partial charge in [-0.1, -0.05) is 0 Å². The van der Waals surface area contributed by atoms with E-state index in [1.165, 1.54) is 0 Å². The van der Waals surface area contributed by atoms with Gasteiger partial charge < -0.3 is 4.98 Å². The van der Waals surface area contributed by atoms with Gasteiger partial charge in [-0.3, -0.25) is 9.88 Å². The van der Waals surface area contributed by atoms with Crippen LogP contribution < -0.4 is 0 Å². The van der Waals surface area contributed by atoms with Crippen molar-refractivity contribution in [3.8, 4) is 6.07 Å². The third-order valence-electron chi connectivity index (χ3n) is 4.53. The first-order chi connectivity index (χ1) is 11.7. The summed E-state index contributed by atoms with van der Waals surface area (Å²) >= 11 is 0. The number of H-pyrrole nitrogens is 1. The molecule has 3 aromatic rings. The average molecular weight is 342 g/mol. The van der Waals surface area contributed by atoms with Crippen LogP contribution in [0.4, 0.5) is 0 Å². The fourth-order valence-electron chi connectivity index (χ4n) is 3.42. The van der Waals surface area contributed by atoms with Crippen molar-refractivity contribution < 1.29 is 8.42 Å². The van der Waals surface area contributed by atoms with Crippen LogP contribution in [0.25, 0.3) is 21.9 Å². The van der Waals surface area contributed by atoms with Crippen molar-refractivity contribution in [1.82, 2.24) is 25.1 Å². The number of hydrogen-bond donors (Lipinski definition) is 2. The van der Waals surface area contributed by atoms with Crippen molar-refractivity contribution in [3.05, 3.63) is 30.2 Å². The maximum Gasteiger partial charge on any atom is 0.198 e. The molecule has 122 valence electrons. The van der Waals surface area contributed by atoms with E-state index >= 15 is 0 Å². The Balaban J connectivity index is 1.78. The van der Waals surface area contributed by atoms with Gasteiger partial charge in [0.25, 0.3) is 0 Å². The third-order valence-corrected chi connectivity index (χ3v) is 5.37. The van der Waals surface area contributed by atoms with Crippen molar-refractivity contribution in [1.29, 1.82) is 5.26 Å². The Labute approximate surface area is 139 Å². The molecule has 2 atom stereocenters. The van der Waals surface area contributed by atoms with Gasteiger partial charge in [0.1, 0.15) is 5.52 Å². The molecule has 2 unspecified atom stereocenters. The van der Waals surface area contributed by atoms with E-state index < -0.39 is 16.1 Å². The SMILES string of the molecule is N#CC(N1CCC(c2cncc3nnc4[nH]ccc4c23)C1)[SH](=O)=O. The fraction of sp³-hybridized carbons (Fsp3) is 0.333. The van der Waals surface area contributed by atoms with Crippen LogP contribution in [0.1, 0.15) is 17.9 Å². The zero-order valence-electron chi connectivity index (χ0n) is 12.6. The molecule has 0 spiro atoms. The van der Waals surface area contributed by atoms with Gasteiger partial charge in [-0.2, -0.15) is 5.26 Å². The summed E-state index contributed by atoms with van der Waals surface area (Å²) in [5, 5.41) is 18.3. The van der Waals surface area contributed by atoms with Crippen molar-refractivity contribution in [2.75, 3.05) is 13.1 Å². The first-order valence-corrected chi connectivity index (χ1v) is 8.78. The lowest BCUT2D eigenvalue weighted by Gasteiger charge is -2.17. The van der Waals surface area contributed by atoms with Crippen LogP contribution in [0.2, 0.25) is 0 Å². The van der Waals surface area contributed by atoms with Gasteiger partial charge in [-0.15, -0.1) is 10.2 Å². The highest BCUT2D eigenvalue weighted by molar-refractivity contribution is 7.73. The molecule has 0 aromatic carbocycles. The smallest absolute Gasteiger partial charge is 0.198 e. The molecule has 1 aliphatic rings. The molecule has 8 nitrogen and oxygen atoms in total. The zero-order valence-corrected chi connectivity index (χ0v) is 13.5. The predicted molar refractivity (Wildman–Crippen MR) is 87.8 cm³/mol. The third kappa shape index (κ3) is 2.31. The molecule has 0 saturated carbocycles. The predicted octanol–water partition coefficient (Wildman–Crippen LogP) is 0.756. The molecule has 4 heterocycles. The monoisotopic (exact) mass is 342 g/mol. The molecule has 3 aromatic heterocycles. The Morgan fingerprint density at radius 1 is 1.38 bits per heavy atom. The van der Waals surface area contributed by atoms with E-state index in [4.69, 9.17) is 5.26 Å². The second-order valence-electron chi connectivity index (χ2n) is 5.83. The number of thiol groups is 1. The Morgan fingerprint density at radius 2 is 2.25 bits per heavy atom. The lowest BCUT2D eigenvalue weighted by Crippen LogP contribution is -2.33. The number of pyridine rings is 1. The largest absolute Gasteiger partial charge is 0.345 e. The molecule has 1 fully saturated rings. The van der Waals surface area contributed by atoms with Crippen LogP contribution >= 0.6 is 0 Å². The molecule has 1 aliphatic heterocycles. The van der Waals surface area contributed by atoms with Crippen LogP contribution in [0, 0.1) is 11.3 Å². The van der Waals surface area contributed by atoms with Crippen molar-refractivity contribution in [2.24, 2.45) is 0 Å². The van der Waals surface area contributed by atoms with E-state index in [-0.39, 0.29) is 5.92 Å². The summed E-state index contributed by atoms with van der Waals surface area (Å²) < 4.78 is 22.5. The summed E-state index contributed by atoms with van der Waals surface area (Å²) in [5.74, 6) is 0.106. The lowest BCUT2D eigenvalue weighted by molar-refractivity contribution is 0.343. The summed E-state index contributed by atoms with van der Waals surface area (Å²) in [7, 11) is -2.80. The maximum atomic E-state index is 11.3. The number of nitrogens with zero attached hydrogens (tertiary/aromatic N) is 5. The zero-order chi connectivity index (χ0) is 16.7. The molecule has 9 heteroatoms. The van der Waals surface area contributed by atoms with Gasteiger partial charge in [0, 0.05) is 42.2 Å². The average Bonchev–Trinajstić information content (AvgIpc) is 3.23. The van der Waals surface area contributed by atoms with E-state index in [0.717, 1.165) is 22.8 Å². The molecule has 24 heavy (non-hydrogen) atoms. The number of nitriles is 1. The van der Waals surface area contributed by atoms with Crippen LogP contribution in [0.15, 0.2) is 24.7 Å². The van der Waals surface area contributed by atoms with Gasteiger partial charge in [0.2, 0.25) is 0 Å². The highest BCUT2D eigenvalue weighted by atomic mass is 32.2. The van der Waals surface area contributed by atoms with Crippen LogP contribution in [-0.4, -0.2) is 51.9 Å². The Bertz CT molecular complexity index is 1030. The van der Waals surface area contributed by atoms with Crippen LogP contribution in [0.3, 0.4) is 0 Å². The number of hydrogen-bond acceptors (Lipinski definition) is 7. The summed E-state index contributed by atoms with van der Waals surface area (Å²) in [6, 6.07) is 3.82. The first-order valence-electron chi connectivity index (χ1n) is 7.53. The summed E-state index contributed by atoms with van der Waals surface area (Å²) in [4.78, 5) is 9.02. The molecule has 1 saturated heterocycles. The van der Waals surface area contributed by atoms with Gasteiger partial charge in [0.05, 0.1) is 12.3 Å². The van der Waals surface area contributed by atoms with Gasteiger partial charge in [0.15, 0.2) is 21.7 Å². The number of aromatic nitrogens is 4. The minimum absolute atomic E-state index is 0.106. The minimum atomic E-state index is -2.80. The summed E-state index contributed by atoms with van der Waals surface area (Å²) in [6.07, 6.45) is 6.08. The van der Waals surface area contributed by atoms with E-state index in [1.807, 2.05) is 24.5 Å². The maximum absolute atomic E-state index is 11.3. The van der Waals surface area contributed by atoms with E-state index in [2.05, 4.69) is 20.2 Å². The molecule has 4 rings (SSSR count). The quantitative estimate of drug-likeness (QED) is 0.675. The Hall–Kier alpha value is -2.57. The van der Waals surface area contributed by atoms with Crippen molar-refractivity contribution in [2.45, 2.75) is 17.7 Å². The number of rotatable bonds is 3. The molecular weight excluding hydrogens is 328 g/mol. The standard InChI is InChI=1S/C15H14N6O2S/c16-5-13(24(22)23)21-4-2-9(8-21)11-6-17-7-12-14(11)10-1-3-18-15(10)20-19-12/h1,3,6-7,9,13,24H,2,4,8H2,(H,18,20). The van der Waals surface area contributed by atoms with Crippen LogP contribution in [-0.2, 0) is 10.7 Å². The topological polar surface area (TPSA) is 116 Å². The van der Waals surface area contributed by atoms with Gasteiger partial charge >= 0.3 is 0 Å². The minimum Gasteiger partial charge on any atom is -0.345 e. The van der Waals surface area contributed by atoms with Gasteiger partial charge in [-0.25, -0.2) is 8.42 Å². The molecule has 0 radical (unpaired) electrons. The summed E-state index contributed by atoms with van der Waals surface area (Å²) in [5.41, 5.74) is 2.44. The van der Waals surface area contributed by atoms with Crippen molar-refractivity contribution >= 4 is 32.6 Å². The molecule has 0 aliphatic carbocycles. The van der Waals surface area contributed by atoms with Crippen LogP contribution in [0.5, 0.6) is 0 Å². The Morgan fingerprint density at radius 3 is 3.04 bits per heavy atom. The number of nitrogens with one attached hydrogen (secondary N) is 1. The van der Waals surface area contributed by atoms with Crippen molar-refractivity contribution in [3.63, 3.8) is 0 Å². The number of likely N-dealkylation sites (tertiary alicyclic amines) is 1. The van der Waals surface area contributed by atoms with E-state index in [0.29, 0.717) is 24.3 Å². The van der Waals surface area contributed by atoms with E-state index in [9.17, 15) is 8.42 Å². The molecular formula is C15H14N6O2S. The number of aromatic amines is 1. The highest BCUT2D eigenvalue weighted by Crippen LogP contribution is 2.34. The second kappa shape index (κ2) is 5.81. The normalized spacial score (nSPS) is 19.9. The van der Waals surface area contributed by atoms with E-state index in [1.54, 1.807) is 11.1 Å².